The van der Waals surface area contributed by atoms with E-state index in [1.807, 2.05) is 7.05 Å². The Morgan fingerprint density at radius 3 is 2.75 bits per heavy atom. The number of aromatic amines is 1. The Morgan fingerprint density at radius 2 is 2.19 bits per heavy atom. The average Bonchev–Trinajstić information content (AvgIpc) is 2.78. The minimum atomic E-state index is 0.331. The first-order valence-corrected chi connectivity index (χ1v) is 6.25. The van der Waals surface area contributed by atoms with Crippen LogP contribution in [0.5, 0.6) is 0 Å². The fourth-order valence-corrected chi connectivity index (χ4v) is 2.85. The molecule has 0 bridgehead atoms. The lowest BCUT2D eigenvalue weighted by Crippen LogP contribution is -2.32. The number of hydrogen-bond acceptors (Lipinski definition) is 3. The molecular weight excluding hydrogens is 200 g/mol. The SMILES string of the molecule is CNC(c1ncn[nH]1)C1CCC(C)C(C)C1. The molecule has 1 heterocycles. The van der Waals surface area contributed by atoms with Crippen molar-refractivity contribution in [3.05, 3.63) is 12.2 Å². The highest BCUT2D eigenvalue weighted by Crippen LogP contribution is 2.38. The zero-order valence-electron chi connectivity index (χ0n) is 10.4. The van der Waals surface area contributed by atoms with E-state index in [2.05, 4.69) is 34.3 Å². The molecule has 0 aromatic carbocycles. The van der Waals surface area contributed by atoms with Crippen LogP contribution in [-0.4, -0.2) is 22.2 Å². The molecule has 1 aliphatic carbocycles. The van der Waals surface area contributed by atoms with Gasteiger partial charge in [0.2, 0.25) is 0 Å². The van der Waals surface area contributed by atoms with Crippen molar-refractivity contribution in [2.75, 3.05) is 7.05 Å². The normalized spacial score (nSPS) is 32.6. The van der Waals surface area contributed by atoms with Gasteiger partial charge in [-0.2, -0.15) is 5.10 Å². The third-order valence-electron chi connectivity index (χ3n) is 4.15. The molecule has 0 aliphatic heterocycles. The molecule has 1 aliphatic rings. The van der Waals surface area contributed by atoms with Crippen molar-refractivity contribution in [1.82, 2.24) is 20.5 Å². The van der Waals surface area contributed by atoms with E-state index in [1.165, 1.54) is 19.3 Å². The Bertz CT molecular complexity index is 309. The molecule has 2 N–H and O–H groups in total. The third kappa shape index (κ3) is 2.26. The molecule has 0 amide bonds. The molecule has 16 heavy (non-hydrogen) atoms. The average molecular weight is 222 g/mol. The van der Waals surface area contributed by atoms with Crippen molar-refractivity contribution in [3.63, 3.8) is 0 Å². The molecule has 1 aromatic heterocycles. The van der Waals surface area contributed by atoms with Gasteiger partial charge in [-0.3, -0.25) is 5.10 Å². The molecule has 4 nitrogen and oxygen atoms in total. The number of nitrogens with one attached hydrogen (secondary N) is 2. The van der Waals surface area contributed by atoms with Gasteiger partial charge in [0.15, 0.2) is 0 Å². The van der Waals surface area contributed by atoms with Gasteiger partial charge in [0.1, 0.15) is 12.2 Å². The van der Waals surface area contributed by atoms with Crippen LogP contribution in [0.15, 0.2) is 6.33 Å². The molecule has 2 rings (SSSR count). The second kappa shape index (κ2) is 4.95. The lowest BCUT2D eigenvalue weighted by Gasteiger charge is -2.35. The fraction of sp³-hybridized carbons (Fsp3) is 0.833. The fourth-order valence-electron chi connectivity index (χ4n) is 2.85. The van der Waals surface area contributed by atoms with Crippen molar-refractivity contribution in [2.45, 2.75) is 39.2 Å². The standard InChI is InChI=1S/C12H22N4/c1-8-4-5-10(6-9(8)2)11(13-3)12-14-7-15-16-12/h7-11,13H,4-6H2,1-3H3,(H,14,15,16). The van der Waals surface area contributed by atoms with E-state index >= 15 is 0 Å². The summed E-state index contributed by atoms with van der Waals surface area (Å²) < 4.78 is 0. The van der Waals surface area contributed by atoms with Crippen LogP contribution in [0.2, 0.25) is 0 Å². The maximum Gasteiger partial charge on any atom is 0.141 e. The number of nitrogens with zero attached hydrogens (tertiary/aromatic N) is 2. The van der Waals surface area contributed by atoms with Gasteiger partial charge in [0, 0.05) is 0 Å². The second-order valence-corrected chi connectivity index (χ2v) is 5.16. The smallest absolute Gasteiger partial charge is 0.141 e. The summed E-state index contributed by atoms with van der Waals surface area (Å²) in [6, 6.07) is 0.331. The highest BCUT2D eigenvalue weighted by Gasteiger charge is 2.31. The first-order chi connectivity index (χ1) is 7.72. The van der Waals surface area contributed by atoms with Crippen molar-refractivity contribution in [1.29, 1.82) is 0 Å². The van der Waals surface area contributed by atoms with Crippen LogP contribution in [0.1, 0.15) is 45.0 Å². The van der Waals surface area contributed by atoms with Gasteiger partial charge in [-0.15, -0.1) is 0 Å². The van der Waals surface area contributed by atoms with Gasteiger partial charge in [0.05, 0.1) is 6.04 Å². The number of aromatic nitrogens is 3. The zero-order chi connectivity index (χ0) is 11.5. The summed E-state index contributed by atoms with van der Waals surface area (Å²) in [6.07, 6.45) is 5.50. The van der Waals surface area contributed by atoms with Gasteiger partial charge in [-0.05, 0) is 37.6 Å². The van der Waals surface area contributed by atoms with Crippen LogP contribution >= 0.6 is 0 Å². The number of hydrogen-bond donors (Lipinski definition) is 2. The molecule has 0 radical (unpaired) electrons. The lowest BCUT2D eigenvalue weighted by molar-refractivity contribution is 0.171. The third-order valence-corrected chi connectivity index (χ3v) is 4.15. The van der Waals surface area contributed by atoms with E-state index in [4.69, 9.17) is 0 Å². The van der Waals surface area contributed by atoms with Crippen LogP contribution in [-0.2, 0) is 0 Å². The van der Waals surface area contributed by atoms with E-state index in [-0.39, 0.29) is 0 Å². The van der Waals surface area contributed by atoms with Crippen LogP contribution in [0, 0.1) is 17.8 Å². The Kier molecular flexibility index (Phi) is 3.59. The van der Waals surface area contributed by atoms with Crippen molar-refractivity contribution in [2.24, 2.45) is 17.8 Å². The lowest BCUT2D eigenvalue weighted by atomic mass is 9.73. The van der Waals surface area contributed by atoms with Crippen molar-refractivity contribution in [3.8, 4) is 0 Å². The Balaban J connectivity index is 2.05. The molecule has 90 valence electrons. The van der Waals surface area contributed by atoms with Crippen LogP contribution in [0.25, 0.3) is 0 Å². The predicted octanol–water partition coefficient (Wildman–Crippen LogP) is 2.14. The van der Waals surface area contributed by atoms with Crippen molar-refractivity contribution >= 4 is 0 Å². The summed E-state index contributed by atoms with van der Waals surface area (Å²) in [4.78, 5) is 4.28. The van der Waals surface area contributed by atoms with Crippen LogP contribution < -0.4 is 5.32 Å². The summed E-state index contributed by atoms with van der Waals surface area (Å²) >= 11 is 0. The predicted molar refractivity (Wildman–Crippen MR) is 63.9 cm³/mol. The van der Waals surface area contributed by atoms with Crippen molar-refractivity contribution < 1.29 is 0 Å². The second-order valence-electron chi connectivity index (χ2n) is 5.16. The molecule has 4 atom stereocenters. The van der Waals surface area contributed by atoms with E-state index in [9.17, 15) is 0 Å². The Labute approximate surface area is 97.2 Å². The zero-order valence-corrected chi connectivity index (χ0v) is 10.4. The molecule has 1 fully saturated rings. The molecular formula is C12H22N4. The summed E-state index contributed by atoms with van der Waals surface area (Å²) in [5.41, 5.74) is 0. The number of H-pyrrole nitrogens is 1. The minimum Gasteiger partial charge on any atom is -0.310 e. The Morgan fingerprint density at radius 1 is 1.38 bits per heavy atom. The van der Waals surface area contributed by atoms with Gasteiger partial charge in [-0.1, -0.05) is 20.3 Å². The van der Waals surface area contributed by atoms with E-state index < -0.39 is 0 Å². The van der Waals surface area contributed by atoms with Crippen LogP contribution in [0.3, 0.4) is 0 Å². The molecule has 0 spiro atoms. The largest absolute Gasteiger partial charge is 0.310 e. The van der Waals surface area contributed by atoms with Gasteiger partial charge >= 0.3 is 0 Å². The number of rotatable bonds is 3. The van der Waals surface area contributed by atoms with Crippen LogP contribution in [0.4, 0.5) is 0 Å². The van der Waals surface area contributed by atoms with E-state index in [1.54, 1.807) is 6.33 Å². The molecule has 0 saturated heterocycles. The monoisotopic (exact) mass is 222 g/mol. The topological polar surface area (TPSA) is 53.6 Å². The highest BCUT2D eigenvalue weighted by atomic mass is 15.2. The molecule has 1 saturated carbocycles. The molecule has 4 unspecified atom stereocenters. The summed E-state index contributed by atoms with van der Waals surface area (Å²) in [5.74, 6) is 3.35. The minimum absolute atomic E-state index is 0.331. The van der Waals surface area contributed by atoms with E-state index in [0.717, 1.165) is 17.7 Å². The quantitative estimate of drug-likeness (QED) is 0.824. The first kappa shape index (κ1) is 11.6. The summed E-state index contributed by atoms with van der Waals surface area (Å²) in [5, 5.41) is 10.3. The van der Waals surface area contributed by atoms with E-state index in [0.29, 0.717) is 12.0 Å². The summed E-state index contributed by atoms with van der Waals surface area (Å²) in [7, 11) is 2.01. The van der Waals surface area contributed by atoms with Gasteiger partial charge in [-0.25, -0.2) is 4.98 Å². The maximum atomic E-state index is 4.28. The van der Waals surface area contributed by atoms with Gasteiger partial charge < -0.3 is 5.32 Å². The highest BCUT2D eigenvalue weighted by molar-refractivity contribution is 4.96. The molecule has 4 heteroatoms. The first-order valence-electron chi connectivity index (χ1n) is 6.25. The maximum absolute atomic E-state index is 4.28. The summed E-state index contributed by atoms with van der Waals surface area (Å²) in [6.45, 7) is 4.73. The Hall–Kier alpha value is -0.900. The van der Waals surface area contributed by atoms with Gasteiger partial charge in [0.25, 0.3) is 0 Å². The molecule has 1 aromatic rings.